The van der Waals surface area contributed by atoms with Crippen molar-refractivity contribution in [3.8, 4) is 28.6 Å². The molecule has 4 rings (SSSR count). The molecule has 0 spiro atoms. The van der Waals surface area contributed by atoms with Crippen LogP contribution in [0, 0.1) is 0 Å². The molecule has 0 saturated heterocycles. The lowest BCUT2D eigenvalue weighted by Gasteiger charge is -2.30. The van der Waals surface area contributed by atoms with E-state index in [0.717, 1.165) is 30.7 Å². The molecule has 7 heteroatoms. The summed E-state index contributed by atoms with van der Waals surface area (Å²) in [5.74, 6) is 3.28. The molecule has 1 aromatic heterocycles. The largest absolute Gasteiger partial charge is 0.497 e. The number of hydrogen-bond acceptors (Lipinski definition) is 7. The molecule has 28 heavy (non-hydrogen) atoms. The molecule has 1 aliphatic heterocycles. The Morgan fingerprint density at radius 2 is 1.86 bits per heavy atom. The predicted molar refractivity (Wildman–Crippen MR) is 105 cm³/mol. The van der Waals surface area contributed by atoms with E-state index >= 15 is 0 Å². The Bertz CT molecular complexity index is 970. The molecule has 0 bridgehead atoms. The number of anilines is 1. The van der Waals surface area contributed by atoms with Crippen molar-refractivity contribution < 1.29 is 18.7 Å². The van der Waals surface area contributed by atoms with Crippen LogP contribution in [0.15, 0.2) is 40.9 Å². The van der Waals surface area contributed by atoms with Gasteiger partial charge in [-0.15, -0.1) is 0 Å². The van der Waals surface area contributed by atoms with Crippen molar-refractivity contribution in [3.05, 3.63) is 47.9 Å². The maximum absolute atomic E-state index is 5.51. The Kier molecular flexibility index (Phi) is 5.06. The highest BCUT2D eigenvalue weighted by molar-refractivity contribution is 5.61. The summed E-state index contributed by atoms with van der Waals surface area (Å²) < 4.78 is 21.5. The maximum atomic E-state index is 5.51. The minimum atomic E-state index is 0.530. The van der Waals surface area contributed by atoms with Gasteiger partial charge in [-0.25, -0.2) is 0 Å². The number of aromatic nitrogens is 2. The van der Waals surface area contributed by atoms with E-state index in [-0.39, 0.29) is 0 Å². The molecule has 2 heterocycles. The van der Waals surface area contributed by atoms with Crippen molar-refractivity contribution in [2.45, 2.75) is 19.4 Å². The maximum Gasteiger partial charge on any atom is 0.246 e. The Hall–Kier alpha value is -3.22. The summed E-state index contributed by atoms with van der Waals surface area (Å²) in [5, 5.41) is 4.14. The SMILES string of the molecule is COc1ccc2c(c1)CCCN2Cc1nc(-c2ccc(OC)c(OC)c2)no1. The van der Waals surface area contributed by atoms with Crippen LogP contribution in [0.2, 0.25) is 0 Å². The van der Waals surface area contributed by atoms with Gasteiger partial charge in [-0.3, -0.25) is 0 Å². The summed E-state index contributed by atoms with van der Waals surface area (Å²) in [4.78, 5) is 6.84. The van der Waals surface area contributed by atoms with E-state index in [9.17, 15) is 0 Å². The molecule has 7 nitrogen and oxygen atoms in total. The average molecular weight is 381 g/mol. The summed E-state index contributed by atoms with van der Waals surface area (Å²) in [6, 6.07) is 11.7. The second-order valence-corrected chi connectivity index (χ2v) is 6.60. The number of hydrogen-bond donors (Lipinski definition) is 0. The molecule has 0 saturated carbocycles. The van der Waals surface area contributed by atoms with E-state index in [1.54, 1.807) is 21.3 Å². The standard InChI is InChI=1S/C21H23N3O4/c1-25-16-7-8-17-14(11-16)5-4-10-24(17)13-20-22-21(23-28-20)15-6-9-18(26-2)19(12-15)27-3/h6-9,11-12H,4-5,10,13H2,1-3H3. The topological polar surface area (TPSA) is 69.9 Å². The van der Waals surface area contributed by atoms with E-state index in [2.05, 4.69) is 27.2 Å². The third kappa shape index (κ3) is 3.47. The third-order valence-electron chi connectivity index (χ3n) is 4.94. The lowest BCUT2D eigenvalue weighted by molar-refractivity contribution is 0.355. The van der Waals surface area contributed by atoms with Crippen molar-refractivity contribution in [2.24, 2.45) is 0 Å². The molecular weight excluding hydrogens is 358 g/mol. The van der Waals surface area contributed by atoms with Crippen LogP contribution in [0.4, 0.5) is 5.69 Å². The van der Waals surface area contributed by atoms with Crippen molar-refractivity contribution in [1.82, 2.24) is 10.1 Å². The third-order valence-corrected chi connectivity index (χ3v) is 4.94. The van der Waals surface area contributed by atoms with Gasteiger partial charge in [0.15, 0.2) is 11.5 Å². The Labute approximate surface area is 163 Å². The zero-order chi connectivity index (χ0) is 19.5. The van der Waals surface area contributed by atoms with E-state index < -0.39 is 0 Å². The average Bonchev–Trinajstić information content (AvgIpc) is 3.21. The van der Waals surface area contributed by atoms with E-state index in [1.165, 1.54) is 11.3 Å². The summed E-state index contributed by atoms with van der Waals surface area (Å²) in [5.41, 5.74) is 3.29. The fraction of sp³-hybridized carbons (Fsp3) is 0.333. The lowest BCUT2D eigenvalue weighted by atomic mass is 10.0. The number of rotatable bonds is 6. The first-order valence-electron chi connectivity index (χ1n) is 9.18. The van der Waals surface area contributed by atoms with Gasteiger partial charge in [-0.2, -0.15) is 4.98 Å². The number of benzene rings is 2. The molecule has 0 N–H and O–H groups in total. The summed E-state index contributed by atoms with van der Waals surface area (Å²) >= 11 is 0. The van der Waals surface area contributed by atoms with Gasteiger partial charge in [0, 0.05) is 17.8 Å². The first-order chi connectivity index (χ1) is 13.7. The van der Waals surface area contributed by atoms with Gasteiger partial charge in [0.2, 0.25) is 11.7 Å². The monoisotopic (exact) mass is 381 g/mol. The molecule has 0 atom stereocenters. The van der Waals surface area contributed by atoms with Crippen LogP contribution in [-0.4, -0.2) is 38.0 Å². The molecule has 0 fully saturated rings. The molecule has 146 valence electrons. The van der Waals surface area contributed by atoms with E-state index in [1.807, 2.05) is 24.3 Å². The van der Waals surface area contributed by atoms with Crippen LogP contribution in [0.25, 0.3) is 11.4 Å². The zero-order valence-corrected chi connectivity index (χ0v) is 16.3. The van der Waals surface area contributed by atoms with Crippen LogP contribution in [0.1, 0.15) is 17.9 Å². The van der Waals surface area contributed by atoms with Gasteiger partial charge in [0.25, 0.3) is 0 Å². The van der Waals surface area contributed by atoms with Crippen LogP contribution in [-0.2, 0) is 13.0 Å². The number of nitrogens with zero attached hydrogens (tertiary/aromatic N) is 3. The van der Waals surface area contributed by atoms with Crippen LogP contribution >= 0.6 is 0 Å². The minimum Gasteiger partial charge on any atom is -0.497 e. The Morgan fingerprint density at radius 1 is 1.00 bits per heavy atom. The molecular formula is C21H23N3O4. The van der Waals surface area contributed by atoms with Crippen LogP contribution in [0.3, 0.4) is 0 Å². The highest BCUT2D eigenvalue weighted by atomic mass is 16.5. The number of aryl methyl sites for hydroxylation is 1. The van der Waals surface area contributed by atoms with Gasteiger partial charge in [0.05, 0.1) is 27.9 Å². The normalized spacial score (nSPS) is 13.2. The van der Waals surface area contributed by atoms with Gasteiger partial charge in [-0.05, 0) is 54.8 Å². The van der Waals surface area contributed by atoms with Crippen molar-refractivity contribution >= 4 is 5.69 Å². The van der Waals surface area contributed by atoms with Crippen molar-refractivity contribution in [1.29, 1.82) is 0 Å². The first kappa shape index (κ1) is 18.2. The first-order valence-corrected chi connectivity index (χ1v) is 9.18. The van der Waals surface area contributed by atoms with E-state index in [0.29, 0.717) is 29.8 Å². The second kappa shape index (κ2) is 7.80. The molecule has 3 aromatic rings. The van der Waals surface area contributed by atoms with Gasteiger partial charge >= 0.3 is 0 Å². The van der Waals surface area contributed by atoms with E-state index in [4.69, 9.17) is 18.7 Å². The van der Waals surface area contributed by atoms with Gasteiger partial charge in [-0.1, -0.05) is 5.16 Å². The molecule has 0 aliphatic carbocycles. The highest BCUT2D eigenvalue weighted by Crippen LogP contribution is 2.33. The Balaban J connectivity index is 1.55. The fourth-order valence-corrected chi connectivity index (χ4v) is 3.52. The number of ether oxygens (including phenoxy) is 3. The fourth-order valence-electron chi connectivity index (χ4n) is 3.52. The predicted octanol–water partition coefficient (Wildman–Crippen LogP) is 3.72. The van der Waals surface area contributed by atoms with Gasteiger partial charge < -0.3 is 23.6 Å². The zero-order valence-electron chi connectivity index (χ0n) is 16.3. The number of fused-ring (bicyclic) bond motifs is 1. The molecule has 0 amide bonds. The summed E-state index contributed by atoms with van der Waals surface area (Å²) in [6.07, 6.45) is 2.13. The van der Waals surface area contributed by atoms with Crippen molar-refractivity contribution in [2.75, 3.05) is 32.8 Å². The highest BCUT2D eigenvalue weighted by Gasteiger charge is 2.20. The second-order valence-electron chi connectivity index (χ2n) is 6.60. The van der Waals surface area contributed by atoms with Crippen molar-refractivity contribution in [3.63, 3.8) is 0 Å². The smallest absolute Gasteiger partial charge is 0.246 e. The quantitative estimate of drug-likeness (QED) is 0.644. The summed E-state index contributed by atoms with van der Waals surface area (Å²) in [7, 11) is 4.90. The van der Waals surface area contributed by atoms with Gasteiger partial charge in [0.1, 0.15) is 5.75 Å². The minimum absolute atomic E-state index is 0.530. The van der Waals surface area contributed by atoms with Crippen LogP contribution < -0.4 is 19.1 Å². The number of methoxy groups -OCH3 is 3. The van der Waals surface area contributed by atoms with Crippen LogP contribution in [0.5, 0.6) is 17.2 Å². The summed E-state index contributed by atoms with van der Waals surface area (Å²) in [6.45, 7) is 1.52. The molecule has 0 radical (unpaired) electrons. The molecule has 0 unspecified atom stereocenters. The molecule has 2 aromatic carbocycles. The lowest BCUT2D eigenvalue weighted by Crippen LogP contribution is -2.28. The Morgan fingerprint density at radius 3 is 2.64 bits per heavy atom. The molecule has 1 aliphatic rings.